The number of benzene rings is 1. The van der Waals surface area contributed by atoms with Crippen LogP contribution in [0.4, 0.5) is 17.6 Å². The van der Waals surface area contributed by atoms with Gasteiger partial charge in [0.2, 0.25) is 17.7 Å². The van der Waals surface area contributed by atoms with Crippen LogP contribution in [0, 0.1) is 0 Å². The number of anilines is 3. The maximum Gasteiger partial charge on any atom is 0.259 e. The molecule has 0 atom stereocenters. The summed E-state index contributed by atoms with van der Waals surface area (Å²) >= 11 is 0. The van der Waals surface area contributed by atoms with Crippen molar-refractivity contribution >= 4 is 29.3 Å². The molecule has 160 valence electrons. The van der Waals surface area contributed by atoms with E-state index in [0.717, 1.165) is 5.56 Å². The number of aromatic nitrogens is 5. The first-order valence-electron chi connectivity index (χ1n) is 9.60. The van der Waals surface area contributed by atoms with Crippen LogP contribution in [0.2, 0.25) is 0 Å². The van der Waals surface area contributed by atoms with Crippen LogP contribution >= 0.6 is 0 Å². The second kappa shape index (κ2) is 8.03. The Morgan fingerprint density at radius 3 is 2.65 bits per heavy atom. The molecule has 0 saturated heterocycles. The first kappa shape index (κ1) is 20.3. The molecule has 3 aromatic heterocycles. The molecule has 5 N–H and O–H groups in total. The third-order valence-electron chi connectivity index (χ3n) is 4.44. The zero-order valence-electron chi connectivity index (χ0n) is 17.0. The van der Waals surface area contributed by atoms with E-state index < -0.39 is 11.5 Å². The fraction of sp³-hybridized carbons (Fsp3) is 0.250. The van der Waals surface area contributed by atoms with Crippen molar-refractivity contribution < 1.29 is 14.3 Å². The van der Waals surface area contributed by atoms with Gasteiger partial charge in [0.25, 0.3) is 11.7 Å². The predicted molar refractivity (Wildman–Crippen MR) is 114 cm³/mol. The van der Waals surface area contributed by atoms with Crippen LogP contribution in [0.3, 0.4) is 0 Å². The summed E-state index contributed by atoms with van der Waals surface area (Å²) in [7, 11) is 0. The molecule has 0 aliphatic heterocycles. The van der Waals surface area contributed by atoms with Crippen molar-refractivity contribution in [2.24, 2.45) is 0 Å². The lowest BCUT2D eigenvalue weighted by Crippen LogP contribution is -2.36. The molecule has 0 aliphatic carbocycles. The number of rotatable bonds is 7. The molecule has 4 rings (SSSR count). The van der Waals surface area contributed by atoms with Crippen molar-refractivity contribution in [2.45, 2.75) is 25.9 Å². The maximum atomic E-state index is 11.8. The van der Waals surface area contributed by atoms with Crippen LogP contribution in [0.1, 0.15) is 19.4 Å². The second-order valence-corrected chi connectivity index (χ2v) is 7.42. The van der Waals surface area contributed by atoms with E-state index in [1.165, 1.54) is 24.6 Å². The van der Waals surface area contributed by atoms with Crippen molar-refractivity contribution in [1.29, 1.82) is 0 Å². The summed E-state index contributed by atoms with van der Waals surface area (Å²) in [5.74, 6) is 1.24. The Morgan fingerprint density at radius 2 is 1.97 bits per heavy atom. The summed E-state index contributed by atoms with van der Waals surface area (Å²) in [6.45, 7) is 3.43. The molecule has 1 amide bonds. The monoisotopic (exact) mass is 422 g/mol. The lowest BCUT2D eigenvalue weighted by molar-refractivity contribution is -0.130. The first-order valence-corrected chi connectivity index (χ1v) is 9.60. The number of carbonyl (C=O) groups is 1. The molecule has 0 unspecified atom stereocenters. The van der Waals surface area contributed by atoms with Crippen molar-refractivity contribution in [2.75, 3.05) is 22.9 Å². The molecule has 31 heavy (non-hydrogen) atoms. The minimum Gasteiger partial charge on any atom is -0.461 e. The molecular formula is C20H22N8O3. The maximum absolute atomic E-state index is 11.8. The number of nitrogens with zero attached hydrogens (tertiary/aromatic N) is 5. The number of amides is 1. The van der Waals surface area contributed by atoms with E-state index in [-0.39, 0.29) is 5.95 Å². The smallest absolute Gasteiger partial charge is 0.259 e. The molecule has 4 aromatic rings. The van der Waals surface area contributed by atoms with E-state index >= 15 is 0 Å². The minimum atomic E-state index is -1.44. The summed E-state index contributed by atoms with van der Waals surface area (Å²) in [6.07, 6.45) is 2.23. The van der Waals surface area contributed by atoms with Gasteiger partial charge < -0.3 is 25.9 Å². The van der Waals surface area contributed by atoms with Gasteiger partial charge in [-0.15, -0.1) is 5.10 Å². The number of nitrogens with two attached hydrogens (primary N) is 1. The molecule has 0 bridgehead atoms. The van der Waals surface area contributed by atoms with Crippen LogP contribution in [0.15, 0.2) is 47.1 Å². The van der Waals surface area contributed by atoms with E-state index in [0.29, 0.717) is 42.0 Å². The topological polar surface area (TPSA) is 156 Å². The molecule has 0 fully saturated rings. The highest BCUT2D eigenvalue weighted by atomic mass is 16.3. The highest BCUT2D eigenvalue weighted by molar-refractivity contribution is 5.96. The zero-order valence-corrected chi connectivity index (χ0v) is 17.0. The lowest BCUT2D eigenvalue weighted by Gasteiger charge is -2.16. The third kappa shape index (κ3) is 4.61. The molecule has 0 radical (unpaired) electrons. The second-order valence-electron chi connectivity index (χ2n) is 7.42. The molecule has 11 heteroatoms. The van der Waals surface area contributed by atoms with Crippen LogP contribution in [-0.2, 0) is 11.2 Å². The molecule has 0 aliphatic rings. The van der Waals surface area contributed by atoms with Crippen LogP contribution in [-0.4, -0.2) is 47.7 Å². The van der Waals surface area contributed by atoms with Gasteiger partial charge in [-0.05, 0) is 50.1 Å². The Morgan fingerprint density at radius 1 is 1.19 bits per heavy atom. The number of fused-ring (bicyclic) bond motifs is 1. The highest BCUT2D eigenvalue weighted by Crippen LogP contribution is 2.18. The van der Waals surface area contributed by atoms with E-state index in [2.05, 4.69) is 30.7 Å². The van der Waals surface area contributed by atoms with Gasteiger partial charge in [0.05, 0.1) is 6.26 Å². The van der Waals surface area contributed by atoms with Crippen molar-refractivity contribution in [3.8, 4) is 11.6 Å². The first-order chi connectivity index (χ1) is 14.8. The van der Waals surface area contributed by atoms with E-state index in [1.807, 2.05) is 12.1 Å². The number of nitrogens with one attached hydrogen (secondary N) is 2. The van der Waals surface area contributed by atoms with Gasteiger partial charge >= 0.3 is 0 Å². The quantitative estimate of drug-likeness (QED) is 0.348. The highest BCUT2D eigenvalue weighted by Gasteiger charge is 2.23. The predicted octanol–water partition coefficient (Wildman–Crippen LogP) is 1.73. The Bertz CT molecular complexity index is 1190. The van der Waals surface area contributed by atoms with Gasteiger partial charge in [0.1, 0.15) is 5.60 Å². The Balaban J connectivity index is 1.37. The van der Waals surface area contributed by atoms with Crippen LogP contribution in [0.5, 0.6) is 0 Å². The van der Waals surface area contributed by atoms with Crippen LogP contribution in [0.25, 0.3) is 17.4 Å². The molecule has 1 aromatic carbocycles. The summed E-state index contributed by atoms with van der Waals surface area (Å²) in [5, 5.41) is 19.8. The largest absolute Gasteiger partial charge is 0.461 e. The molecule has 11 nitrogen and oxygen atoms in total. The summed E-state index contributed by atoms with van der Waals surface area (Å²) in [4.78, 5) is 24.7. The average molecular weight is 422 g/mol. The number of hydrogen-bond donors (Lipinski definition) is 4. The number of aliphatic hydroxyl groups is 1. The van der Waals surface area contributed by atoms with E-state index in [9.17, 15) is 9.90 Å². The molecule has 3 heterocycles. The third-order valence-corrected chi connectivity index (χ3v) is 4.44. The number of hydrogen-bond acceptors (Lipinski definition) is 9. The summed E-state index contributed by atoms with van der Waals surface area (Å²) in [5.41, 5.74) is 6.21. The molecular weight excluding hydrogens is 400 g/mol. The lowest BCUT2D eigenvalue weighted by atomic mass is 10.1. The fourth-order valence-electron chi connectivity index (χ4n) is 2.75. The van der Waals surface area contributed by atoms with Gasteiger partial charge in [-0.2, -0.15) is 19.5 Å². The van der Waals surface area contributed by atoms with Crippen molar-refractivity contribution in [1.82, 2.24) is 24.6 Å². The van der Waals surface area contributed by atoms with E-state index in [1.54, 1.807) is 24.3 Å². The fourth-order valence-corrected chi connectivity index (χ4v) is 2.75. The van der Waals surface area contributed by atoms with Crippen LogP contribution < -0.4 is 16.4 Å². The van der Waals surface area contributed by atoms with Gasteiger partial charge in [0, 0.05) is 12.2 Å². The van der Waals surface area contributed by atoms with Gasteiger partial charge in [-0.3, -0.25) is 4.79 Å². The Labute approximate surface area is 177 Å². The standard InChI is InChI=1S/C20H22N8O3/c1-20(2,30)16(29)23-13-7-5-12(6-8-13)9-10-22-18-25-17(21)28-19(26-18)24-15(27-28)14-4-3-11-31-14/h3-8,11,30H,9-10H2,1-2H3,(H,23,29)(H3,21,22,24,25,26,27). The number of carbonyl (C=O) groups excluding carboxylic acids is 1. The van der Waals surface area contributed by atoms with Gasteiger partial charge in [-0.25, -0.2) is 0 Å². The normalized spacial score (nSPS) is 11.6. The van der Waals surface area contributed by atoms with Crippen molar-refractivity contribution in [3.05, 3.63) is 48.2 Å². The van der Waals surface area contributed by atoms with Gasteiger partial charge in [0.15, 0.2) is 5.76 Å². The zero-order chi connectivity index (χ0) is 22.0. The van der Waals surface area contributed by atoms with E-state index in [4.69, 9.17) is 10.2 Å². The minimum absolute atomic E-state index is 0.157. The molecule has 0 spiro atoms. The summed E-state index contributed by atoms with van der Waals surface area (Å²) in [6, 6.07) is 10.9. The average Bonchev–Trinajstić information content (AvgIpc) is 3.38. The SMILES string of the molecule is CC(C)(O)C(=O)Nc1ccc(CCNc2nc(N)n3nc(-c4ccco4)nc3n2)cc1. The number of nitrogen functional groups attached to an aromatic ring is 1. The number of furan rings is 1. The Kier molecular flexibility index (Phi) is 5.26. The molecule has 0 saturated carbocycles. The summed E-state index contributed by atoms with van der Waals surface area (Å²) < 4.78 is 6.65. The van der Waals surface area contributed by atoms with Crippen molar-refractivity contribution in [3.63, 3.8) is 0 Å². The van der Waals surface area contributed by atoms with Gasteiger partial charge in [-0.1, -0.05) is 12.1 Å². The Hall–Kier alpha value is -3.99.